The molecule has 42 heavy (non-hydrogen) atoms. The van der Waals surface area contributed by atoms with E-state index in [1.165, 1.54) is 22.0 Å². The minimum atomic E-state index is -0.426. The van der Waals surface area contributed by atoms with Crippen LogP contribution in [0.4, 0.5) is 11.4 Å². The molecule has 0 radical (unpaired) electrons. The van der Waals surface area contributed by atoms with Crippen LogP contribution in [-0.2, 0) is 15.6 Å². The van der Waals surface area contributed by atoms with Crippen LogP contribution in [0.25, 0.3) is 21.5 Å². The Hall–Kier alpha value is -4.44. The molecule has 0 amide bonds. The van der Waals surface area contributed by atoms with Gasteiger partial charge in [-0.15, -0.1) is 0 Å². The molecule has 2 aliphatic heterocycles. The van der Waals surface area contributed by atoms with Gasteiger partial charge in [-0.3, -0.25) is 9.79 Å². The molecule has 0 aromatic heterocycles. The van der Waals surface area contributed by atoms with E-state index in [1.54, 1.807) is 6.08 Å². The van der Waals surface area contributed by atoms with Crippen LogP contribution < -0.4 is 10.0 Å². The molecule has 4 heteroatoms. The maximum Gasteiger partial charge on any atom is 0.191 e. The van der Waals surface area contributed by atoms with Crippen molar-refractivity contribution >= 4 is 44.4 Å². The van der Waals surface area contributed by atoms with Crippen molar-refractivity contribution in [2.75, 3.05) is 11.4 Å². The lowest BCUT2D eigenvalue weighted by Crippen LogP contribution is -2.34. The van der Waals surface area contributed by atoms with Crippen LogP contribution in [0.1, 0.15) is 58.6 Å². The third-order valence-corrected chi connectivity index (χ3v) is 9.44. The molecule has 0 fully saturated rings. The summed E-state index contributed by atoms with van der Waals surface area (Å²) >= 11 is 0. The molecule has 0 bridgehead atoms. The molecule has 0 N–H and O–H groups in total. The molecule has 4 aromatic rings. The van der Waals surface area contributed by atoms with Gasteiger partial charge in [0.05, 0.1) is 11.4 Å². The van der Waals surface area contributed by atoms with Crippen molar-refractivity contribution in [2.45, 2.75) is 58.3 Å². The molecule has 4 nitrogen and oxygen atoms in total. The summed E-state index contributed by atoms with van der Waals surface area (Å²) < 4.78 is 0. The monoisotopic (exact) mass is 551 g/mol. The van der Waals surface area contributed by atoms with Crippen molar-refractivity contribution in [3.05, 3.63) is 119 Å². The molecule has 0 unspecified atom stereocenters. The van der Waals surface area contributed by atoms with Gasteiger partial charge in [0.25, 0.3) is 0 Å². The predicted octanol–water partition coefficient (Wildman–Crippen LogP) is 7.96. The smallest absolute Gasteiger partial charge is 0.191 e. The third kappa shape index (κ3) is 3.67. The summed E-state index contributed by atoms with van der Waals surface area (Å²) in [6.07, 6.45) is 5.69. The van der Waals surface area contributed by atoms with Gasteiger partial charge in [0, 0.05) is 39.9 Å². The molecule has 4 aromatic carbocycles. The fourth-order valence-corrected chi connectivity index (χ4v) is 7.14. The van der Waals surface area contributed by atoms with Crippen molar-refractivity contribution in [3.63, 3.8) is 0 Å². The number of unbranched alkanes of at least 4 members (excludes halogenated alkanes) is 1. The minimum absolute atomic E-state index is 0.195. The van der Waals surface area contributed by atoms with E-state index in [2.05, 4.69) is 94.1 Å². The van der Waals surface area contributed by atoms with Crippen LogP contribution in [0.2, 0.25) is 0 Å². The quantitative estimate of drug-likeness (QED) is 0.236. The Morgan fingerprint density at radius 1 is 0.810 bits per heavy atom. The number of hydrogen-bond donors (Lipinski definition) is 0. The van der Waals surface area contributed by atoms with Crippen molar-refractivity contribution < 1.29 is 9.90 Å². The lowest BCUT2D eigenvalue weighted by atomic mass is 9.76. The fraction of sp³-hybridized carbons (Fsp3) is 0.263. The molecular weight excluding hydrogens is 516 g/mol. The van der Waals surface area contributed by atoms with E-state index < -0.39 is 5.41 Å². The molecule has 0 atom stereocenters. The summed E-state index contributed by atoms with van der Waals surface area (Å²) in [6.45, 7) is 11.7. The normalized spacial score (nSPS) is 20.5. The Balaban J connectivity index is 1.29. The van der Waals surface area contributed by atoms with E-state index in [0.717, 1.165) is 52.8 Å². The van der Waals surface area contributed by atoms with Crippen LogP contribution >= 0.6 is 0 Å². The van der Waals surface area contributed by atoms with Crippen LogP contribution in [0.5, 0.6) is 0 Å². The summed E-state index contributed by atoms with van der Waals surface area (Å²) in [5.74, 6) is -0.391. The second kappa shape index (κ2) is 9.29. The number of benzene rings is 4. The van der Waals surface area contributed by atoms with Gasteiger partial charge in [-0.2, -0.15) is 0 Å². The molecule has 3 aliphatic rings. The summed E-state index contributed by atoms with van der Waals surface area (Å²) in [4.78, 5) is 20.8. The van der Waals surface area contributed by atoms with Gasteiger partial charge in [-0.05, 0) is 63.4 Å². The molecule has 0 saturated heterocycles. The van der Waals surface area contributed by atoms with E-state index in [-0.39, 0.29) is 28.1 Å². The molecule has 0 spiro atoms. The molecule has 1 aliphatic carbocycles. The molecule has 2 heterocycles. The molecule has 0 saturated carbocycles. The summed E-state index contributed by atoms with van der Waals surface area (Å²) in [5, 5.41) is 18.3. The Morgan fingerprint density at radius 3 is 2.12 bits per heavy atom. The highest BCUT2D eigenvalue weighted by atomic mass is 16.3. The van der Waals surface area contributed by atoms with Crippen LogP contribution in [0.15, 0.2) is 113 Å². The number of allylic oxidation sites excluding steroid dienone is 5. The number of rotatable bonds is 5. The third-order valence-electron chi connectivity index (χ3n) is 9.44. The average Bonchev–Trinajstić information content (AvgIpc) is 3.38. The van der Waals surface area contributed by atoms with Gasteiger partial charge in [0.15, 0.2) is 5.78 Å². The molecule has 210 valence electrons. The summed E-state index contributed by atoms with van der Waals surface area (Å²) in [5.41, 5.74) is 5.93. The lowest BCUT2D eigenvalue weighted by Gasteiger charge is -2.33. The van der Waals surface area contributed by atoms with E-state index in [9.17, 15) is 9.90 Å². The number of aliphatic imine (C=N–C) groups is 1. The highest BCUT2D eigenvalue weighted by Crippen LogP contribution is 2.52. The topological polar surface area (TPSA) is 55.7 Å². The zero-order valence-electron chi connectivity index (χ0n) is 24.9. The van der Waals surface area contributed by atoms with Crippen molar-refractivity contribution in [3.8, 4) is 0 Å². The molecular formula is C38H35N2O2-. The Labute approximate surface area is 247 Å². The Bertz CT molecular complexity index is 1950. The zero-order chi connectivity index (χ0) is 29.4. The van der Waals surface area contributed by atoms with Gasteiger partial charge in [0.2, 0.25) is 0 Å². The van der Waals surface area contributed by atoms with Gasteiger partial charge in [-0.1, -0.05) is 107 Å². The zero-order valence-corrected chi connectivity index (χ0v) is 24.9. The highest BCUT2D eigenvalue weighted by molar-refractivity contribution is 6.25. The second-order valence-corrected chi connectivity index (χ2v) is 12.8. The number of hydrogen-bond acceptors (Lipinski definition) is 4. The van der Waals surface area contributed by atoms with E-state index in [1.807, 2.05) is 24.3 Å². The van der Waals surface area contributed by atoms with E-state index in [0.29, 0.717) is 0 Å². The predicted molar refractivity (Wildman–Crippen MR) is 171 cm³/mol. The Morgan fingerprint density at radius 2 is 1.45 bits per heavy atom. The maximum atomic E-state index is 13.6. The van der Waals surface area contributed by atoms with Crippen LogP contribution in [0, 0.1) is 0 Å². The first kappa shape index (κ1) is 26.5. The maximum absolute atomic E-state index is 13.6. The lowest BCUT2D eigenvalue weighted by molar-refractivity contribution is -0.300. The van der Waals surface area contributed by atoms with Gasteiger partial charge >= 0.3 is 0 Å². The first-order chi connectivity index (χ1) is 20.1. The number of carbonyl (C=O) groups excluding carboxylic acids is 1. The van der Waals surface area contributed by atoms with Gasteiger partial charge < -0.3 is 10.0 Å². The van der Waals surface area contributed by atoms with Crippen LogP contribution in [0.3, 0.4) is 0 Å². The highest BCUT2D eigenvalue weighted by Gasteiger charge is 2.43. The first-order valence-corrected chi connectivity index (χ1v) is 15.0. The minimum Gasteiger partial charge on any atom is -0.871 e. The first-order valence-electron chi connectivity index (χ1n) is 15.0. The number of anilines is 1. The van der Waals surface area contributed by atoms with Crippen molar-refractivity contribution in [1.29, 1.82) is 0 Å². The fourth-order valence-electron chi connectivity index (χ4n) is 7.14. The van der Waals surface area contributed by atoms with Gasteiger partial charge in [0.1, 0.15) is 0 Å². The number of fused-ring (bicyclic) bond motifs is 6. The van der Waals surface area contributed by atoms with Crippen molar-refractivity contribution in [2.24, 2.45) is 4.99 Å². The summed E-state index contributed by atoms with van der Waals surface area (Å²) in [7, 11) is 0. The SMILES string of the molecule is CCCCN1/C(=C/C2=C([O-])C(=C/C3=Nc4ccc5ccccc5c4C3(C)C)/C2=O)C(C)(C)c2c1ccc1ccccc21. The largest absolute Gasteiger partial charge is 0.871 e. The van der Waals surface area contributed by atoms with Crippen molar-refractivity contribution in [1.82, 2.24) is 0 Å². The number of carbonyl (C=O) groups is 1. The van der Waals surface area contributed by atoms with Gasteiger partial charge in [-0.25, -0.2) is 0 Å². The average molecular weight is 552 g/mol. The summed E-state index contributed by atoms with van der Waals surface area (Å²) in [6, 6.07) is 25.2. The van der Waals surface area contributed by atoms with Crippen LogP contribution in [-0.4, -0.2) is 18.0 Å². The van der Waals surface area contributed by atoms with E-state index in [4.69, 9.17) is 4.99 Å². The Kier molecular flexibility index (Phi) is 5.85. The number of Topliss-reactive ketones (excluding diaryl/α,β-unsaturated/α-hetero) is 1. The number of ketones is 1. The van der Waals surface area contributed by atoms with E-state index >= 15 is 0 Å². The molecule has 7 rings (SSSR count). The number of nitrogens with zero attached hydrogens (tertiary/aromatic N) is 2. The second-order valence-electron chi connectivity index (χ2n) is 12.8. The standard InChI is InChI=1S/C38H36N2O2/c1-6-7-20-40-30-19-17-24-13-9-11-15-26(24)34(30)38(4,5)32(40)22-28-35(41)27(36(28)42)21-31-37(2,3)33-25-14-10-8-12-23(25)16-18-29(33)39-31/h8-19,21-22,41H,6-7,20H2,1-5H3/p-1/b27-21-,32-22+.